The summed E-state index contributed by atoms with van der Waals surface area (Å²) in [6, 6.07) is 10.3. The normalized spacial score (nSPS) is 13.6. The van der Waals surface area contributed by atoms with Gasteiger partial charge in [0.1, 0.15) is 5.75 Å². The minimum atomic E-state index is -4.01. The lowest BCUT2D eigenvalue weighted by atomic mass is 10.2. The molecule has 0 bridgehead atoms. The van der Waals surface area contributed by atoms with Gasteiger partial charge >= 0.3 is 0 Å². The summed E-state index contributed by atoms with van der Waals surface area (Å²) in [7, 11) is -2.54. The van der Waals surface area contributed by atoms with Crippen molar-refractivity contribution in [1.29, 1.82) is 0 Å². The predicted molar refractivity (Wildman–Crippen MR) is 93.4 cm³/mol. The molecule has 0 unspecified atom stereocenters. The van der Waals surface area contributed by atoms with Crippen LogP contribution in [-0.2, 0) is 14.8 Å². The Bertz CT molecular complexity index is 939. The van der Waals surface area contributed by atoms with Gasteiger partial charge in [0, 0.05) is 10.5 Å². The SMILES string of the molecule is COc1ccc(S(=O)(=O)NC(=O)c2ccc3c(c2)NC(=O)CS3)cc1. The summed E-state index contributed by atoms with van der Waals surface area (Å²) in [6.07, 6.45) is 0. The first kappa shape index (κ1) is 17.3. The van der Waals surface area contributed by atoms with E-state index in [2.05, 4.69) is 5.32 Å². The largest absolute Gasteiger partial charge is 0.497 e. The van der Waals surface area contributed by atoms with Gasteiger partial charge < -0.3 is 10.1 Å². The lowest BCUT2D eigenvalue weighted by Gasteiger charge is -2.17. The zero-order valence-corrected chi connectivity index (χ0v) is 14.7. The molecule has 0 aromatic heterocycles. The summed E-state index contributed by atoms with van der Waals surface area (Å²) in [5.41, 5.74) is 0.634. The first-order valence-electron chi connectivity index (χ1n) is 7.17. The van der Waals surface area contributed by atoms with Crippen molar-refractivity contribution in [2.24, 2.45) is 0 Å². The maximum atomic E-state index is 12.3. The van der Waals surface area contributed by atoms with E-state index in [4.69, 9.17) is 4.74 Å². The molecule has 3 rings (SSSR count). The highest BCUT2D eigenvalue weighted by Crippen LogP contribution is 2.32. The maximum absolute atomic E-state index is 12.3. The van der Waals surface area contributed by atoms with Crippen molar-refractivity contribution in [2.75, 3.05) is 18.2 Å². The molecular formula is C16H14N2O5S2. The third-order valence-electron chi connectivity index (χ3n) is 3.47. The van der Waals surface area contributed by atoms with E-state index in [1.807, 2.05) is 4.72 Å². The van der Waals surface area contributed by atoms with E-state index in [1.165, 1.54) is 55.3 Å². The van der Waals surface area contributed by atoms with E-state index in [0.717, 1.165) is 4.90 Å². The Morgan fingerprint density at radius 2 is 1.92 bits per heavy atom. The van der Waals surface area contributed by atoms with Crippen LogP contribution in [0, 0.1) is 0 Å². The highest BCUT2D eigenvalue weighted by molar-refractivity contribution is 8.00. The van der Waals surface area contributed by atoms with E-state index >= 15 is 0 Å². The van der Waals surface area contributed by atoms with Crippen molar-refractivity contribution in [3.05, 3.63) is 48.0 Å². The second-order valence-corrected chi connectivity index (χ2v) is 7.86. The molecule has 0 aliphatic carbocycles. The van der Waals surface area contributed by atoms with Crippen molar-refractivity contribution >= 4 is 39.3 Å². The molecule has 9 heteroatoms. The van der Waals surface area contributed by atoms with Crippen LogP contribution in [0.2, 0.25) is 0 Å². The zero-order valence-electron chi connectivity index (χ0n) is 13.1. The molecule has 0 atom stereocenters. The quantitative estimate of drug-likeness (QED) is 0.842. The lowest BCUT2D eigenvalue weighted by molar-refractivity contribution is -0.113. The molecule has 0 saturated carbocycles. The molecule has 0 fully saturated rings. The Morgan fingerprint density at radius 1 is 1.20 bits per heavy atom. The minimum absolute atomic E-state index is 0.0523. The second-order valence-electron chi connectivity index (χ2n) is 5.16. The van der Waals surface area contributed by atoms with E-state index in [1.54, 1.807) is 6.07 Å². The zero-order chi connectivity index (χ0) is 18.0. The van der Waals surface area contributed by atoms with Crippen LogP contribution in [-0.4, -0.2) is 33.1 Å². The van der Waals surface area contributed by atoms with Crippen molar-refractivity contribution < 1.29 is 22.7 Å². The van der Waals surface area contributed by atoms with Gasteiger partial charge in [-0.1, -0.05) is 0 Å². The highest BCUT2D eigenvalue weighted by atomic mass is 32.2. The number of hydrogen-bond donors (Lipinski definition) is 2. The van der Waals surface area contributed by atoms with Crippen LogP contribution in [0.4, 0.5) is 5.69 Å². The number of amides is 2. The number of thioether (sulfide) groups is 1. The van der Waals surface area contributed by atoms with E-state index in [-0.39, 0.29) is 16.4 Å². The topological polar surface area (TPSA) is 102 Å². The average Bonchev–Trinajstić information content (AvgIpc) is 2.60. The number of carbonyl (C=O) groups is 2. The molecule has 0 saturated heterocycles. The summed E-state index contributed by atoms with van der Waals surface area (Å²) < 4.78 is 31.6. The van der Waals surface area contributed by atoms with Crippen LogP contribution < -0.4 is 14.8 Å². The molecule has 25 heavy (non-hydrogen) atoms. The van der Waals surface area contributed by atoms with Crippen molar-refractivity contribution in [2.45, 2.75) is 9.79 Å². The van der Waals surface area contributed by atoms with Gasteiger partial charge in [0.2, 0.25) is 5.91 Å². The number of carbonyl (C=O) groups excluding carboxylic acids is 2. The molecule has 2 aromatic rings. The minimum Gasteiger partial charge on any atom is -0.497 e. The van der Waals surface area contributed by atoms with Crippen molar-refractivity contribution in [3.8, 4) is 5.75 Å². The van der Waals surface area contributed by atoms with Gasteiger partial charge in [0.15, 0.2) is 0 Å². The number of benzene rings is 2. The Morgan fingerprint density at radius 3 is 2.60 bits per heavy atom. The summed E-state index contributed by atoms with van der Waals surface area (Å²) in [5, 5.41) is 2.66. The molecule has 1 aliphatic rings. The first-order chi connectivity index (χ1) is 11.9. The van der Waals surface area contributed by atoms with Gasteiger partial charge in [-0.05, 0) is 42.5 Å². The summed E-state index contributed by atoms with van der Waals surface area (Å²) in [5.74, 6) is -0.123. The third-order valence-corrected chi connectivity index (χ3v) is 5.89. The van der Waals surface area contributed by atoms with Gasteiger partial charge in [-0.3, -0.25) is 9.59 Å². The third kappa shape index (κ3) is 3.77. The van der Waals surface area contributed by atoms with Gasteiger partial charge in [0.25, 0.3) is 15.9 Å². The smallest absolute Gasteiger partial charge is 0.265 e. The lowest BCUT2D eigenvalue weighted by Crippen LogP contribution is -2.30. The van der Waals surface area contributed by atoms with Crippen LogP contribution in [0.25, 0.3) is 0 Å². The number of methoxy groups -OCH3 is 1. The molecule has 1 aliphatic heterocycles. The number of ether oxygens (including phenoxy) is 1. The van der Waals surface area contributed by atoms with E-state index in [9.17, 15) is 18.0 Å². The number of nitrogens with one attached hydrogen (secondary N) is 2. The van der Waals surface area contributed by atoms with Gasteiger partial charge in [-0.15, -0.1) is 11.8 Å². The summed E-state index contributed by atoms with van der Waals surface area (Å²) in [6.45, 7) is 0. The van der Waals surface area contributed by atoms with E-state index < -0.39 is 15.9 Å². The fraction of sp³-hybridized carbons (Fsp3) is 0.125. The predicted octanol–water partition coefficient (Wildman–Crippen LogP) is 1.86. The van der Waals surface area contributed by atoms with Gasteiger partial charge in [0.05, 0.1) is 23.4 Å². The molecule has 0 spiro atoms. The van der Waals surface area contributed by atoms with Crippen molar-refractivity contribution in [3.63, 3.8) is 0 Å². The molecule has 2 amide bonds. The first-order valence-corrected chi connectivity index (χ1v) is 9.64. The van der Waals surface area contributed by atoms with Gasteiger partial charge in [-0.2, -0.15) is 0 Å². The molecule has 130 valence electrons. The van der Waals surface area contributed by atoms with Crippen LogP contribution in [0.1, 0.15) is 10.4 Å². The summed E-state index contributed by atoms with van der Waals surface area (Å²) in [4.78, 5) is 24.5. The number of fused-ring (bicyclic) bond motifs is 1. The van der Waals surface area contributed by atoms with Crippen molar-refractivity contribution in [1.82, 2.24) is 4.72 Å². The molecule has 2 aromatic carbocycles. The fourth-order valence-corrected chi connectivity index (χ4v) is 3.98. The maximum Gasteiger partial charge on any atom is 0.265 e. The number of anilines is 1. The van der Waals surface area contributed by atoms with Crippen LogP contribution in [0.15, 0.2) is 52.3 Å². The molecule has 1 heterocycles. The number of sulfonamides is 1. The Hall–Kier alpha value is -2.52. The van der Waals surface area contributed by atoms with Gasteiger partial charge in [-0.25, -0.2) is 13.1 Å². The van der Waals surface area contributed by atoms with E-state index in [0.29, 0.717) is 17.2 Å². The Balaban J connectivity index is 1.81. The van der Waals surface area contributed by atoms with Crippen LogP contribution >= 0.6 is 11.8 Å². The fourth-order valence-electron chi connectivity index (χ4n) is 2.22. The summed E-state index contributed by atoms with van der Waals surface area (Å²) >= 11 is 1.36. The van der Waals surface area contributed by atoms with Crippen LogP contribution in [0.5, 0.6) is 5.75 Å². The molecule has 0 radical (unpaired) electrons. The average molecular weight is 378 g/mol. The Kier molecular flexibility index (Phi) is 4.69. The highest BCUT2D eigenvalue weighted by Gasteiger charge is 2.21. The number of hydrogen-bond acceptors (Lipinski definition) is 6. The molecule has 2 N–H and O–H groups in total. The second kappa shape index (κ2) is 6.77. The Labute approximate surface area is 148 Å². The standard InChI is InChI=1S/C16H14N2O5S2/c1-23-11-3-5-12(6-4-11)25(21,22)18-16(20)10-2-7-14-13(8-10)17-15(19)9-24-14/h2-8H,9H2,1H3,(H,17,19)(H,18,20). The van der Waals surface area contributed by atoms with Crippen LogP contribution in [0.3, 0.4) is 0 Å². The molecule has 7 nitrogen and oxygen atoms in total. The molecular weight excluding hydrogens is 364 g/mol. The number of rotatable bonds is 4. The monoisotopic (exact) mass is 378 g/mol.